The molecule has 80 valence electrons. The molecule has 1 heterocycles. The second-order valence-electron chi connectivity index (χ2n) is 4.03. The Labute approximate surface area is 94.9 Å². The molecule has 1 aromatic heterocycles. The van der Waals surface area contributed by atoms with Crippen LogP contribution in [0.15, 0.2) is 18.2 Å². The molecule has 2 rings (SSSR count). The molecular formula is C12H16N2S. The number of fused-ring (bicyclic) bond motifs is 1. The molecule has 2 aromatic rings. The molecule has 0 aliphatic carbocycles. The lowest BCUT2D eigenvalue weighted by molar-refractivity contribution is 0.538. The van der Waals surface area contributed by atoms with Crippen LogP contribution < -0.4 is 0 Å². The van der Waals surface area contributed by atoms with Crippen molar-refractivity contribution < 1.29 is 0 Å². The third-order valence-electron chi connectivity index (χ3n) is 2.97. The summed E-state index contributed by atoms with van der Waals surface area (Å²) in [6.45, 7) is 6.52. The van der Waals surface area contributed by atoms with Crippen LogP contribution in [0.2, 0.25) is 0 Å². The van der Waals surface area contributed by atoms with Gasteiger partial charge in [-0.15, -0.1) is 0 Å². The van der Waals surface area contributed by atoms with Crippen LogP contribution in [0.25, 0.3) is 11.0 Å². The number of aryl methyl sites for hydroxylation is 1. The first kappa shape index (κ1) is 10.4. The highest BCUT2D eigenvalue weighted by Gasteiger charge is 2.10. The number of hydrogen-bond donors (Lipinski definition) is 1. The Morgan fingerprint density at radius 1 is 1.47 bits per heavy atom. The predicted molar refractivity (Wildman–Crippen MR) is 66.9 cm³/mol. The molecule has 0 radical (unpaired) electrons. The SMILES string of the molecule is CCC(C)n1c(=S)[nH]c2cccc(C)c21. The van der Waals surface area contributed by atoms with E-state index in [4.69, 9.17) is 12.2 Å². The van der Waals surface area contributed by atoms with E-state index in [-0.39, 0.29) is 0 Å². The number of aromatic amines is 1. The van der Waals surface area contributed by atoms with Crippen molar-refractivity contribution in [2.24, 2.45) is 0 Å². The van der Waals surface area contributed by atoms with Gasteiger partial charge in [-0.3, -0.25) is 0 Å². The van der Waals surface area contributed by atoms with Gasteiger partial charge in [0.05, 0.1) is 11.0 Å². The van der Waals surface area contributed by atoms with E-state index in [1.54, 1.807) is 0 Å². The maximum Gasteiger partial charge on any atom is 0.178 e. The van der Waals surface area contributed by atoms with Crippen LogP contribution in [0.4, 0.5) is 0 Å². The number of nitrogens with zero attached hydrogens (tertiary/aromatic N) is 1. The molecule has 15 heavy (non-hydrogen) atoms. The van der Waals surface area contributed by atoms with Gasteiger partial charge in [-0.05, 0) is 44.1 Å². The molecule has 1 atom stereocenters. The number of H-pyrrole nitrogens is 1. The van der Waals surface area contributed by atoms with Crippen molar-refractivity contribution in [1.29, 1.82) is 0 Å². The fourth-order valence-corrected chi connectivity index (χ4v) is 2.34. The molecule has 3 heteroatoms. The third-order valence-corrected chi connectivity index (χ3v) is 3.27. The number of hydrogen-bond acceptors (Lipinski definition) is 1. The van der Waals surface area contributed by atoms with Crippen LogP contribution in [-0.4, -0.2) is 9.55 Å². The van der Waals surface area contributed by atoms with Crippen LogP contribution >= 0.6 is 12.2 Å². The van der Waals surface area contributed by atoms with Crippen molar-refractivity contribution in [3.05, 3.63) is 28.5 Å². The zero-order valence-corrected chi connectivity index (χ0v) is 10.2. The van der Waals surface area contributed by atoms with E-state index >= 15 is 0 Å². The van der Waals surface area contributed by atoms with Crippen molar-refractivity contribution in [2.45, 2.75) is 33.2 Å². The Hall–Kier alpha value is -1.09. The minimum atomic E-state index is 0.451. The summed E-state index contributed by atoms with van der Waals surface area (Å²) in [5.41, 5.74) is 3.66. The monoisotopic (exact) mass is 220 g/mol. The first-order valence-electron chi connectivity index (χ1n) is 5.35. The molecule has 0 saturated carbocycles. The minimum absolute atomic E-state index is 0.451. The Bertz CT molecular complexity index is 536. The van der Waals surface area contributed by atoms with Gasteiger partial charge in [-0.1, -0.05) is 19.1 Å². The Morgan fingerprint density at radius 2 is 2.20 bits per heavy atom. The lowest BCUT2D eigenvalue weighted by atomic mass is 10.2. The molecular weight excluding hydrogens is 204 g/mol. The molecule has 1 aromatic carbocycles. The molecule has 2 nitrogen and oxygen atoms in total. The maximum absolute atomic E-state index is 5.36. The molecule has 1 N–H and O–H groups in total. The van der Waals surface area contributed by atoms with Gasteiger partial charge >= 0.3 is 0 Å². The van der Waals surface area contributed by atoms with Crippen LogP contribution in [0.5, 0.6) is 0 Å². The van der Waals surface area contributed by atoms with Crippen LogP contribution in [0.3, 0.4) is 0 Å². The van der Waals surface area contributed by atoms with Crippen molar-refractivity contribution in [2.75, 3.05) is 0 Å². The minimum Gasteiger partial charge on any atom is -0.331 e. The average Bonchev–Trinajstić information content (AvgIpc) is 2.55. The molecule has 0 fully saturated rings. The zero-order chi connectivity index (χ0) is 11.0. The number of benzene rings is 1. The van der Waals surface area contributed by atoms with Gasteiger partial charge < -0.3 is 9.55 Å². The van der Waals surface area contributed by atoms with E-state index in [9.17, 15) is 0 Å². The van der Waals surface area contributed by atoms with Gasteiger partial charge in [0.1, 0.15) is 0 Å². The summed E-state index contributed by atoms with van der Waals surface area (Å²) in [6.07, 6.45) is 1.09. The summed E-state index contributed by atoms with van der Waals surface area (Å²) in [5.74, 6) is 0. The number of nitrogens with one attached hydrogen (secondary N) is 1. The van der Waals surface area contributed by atoms with Crippen molar-refractivity contribution in [3.63, 3.8) is 0 Å². The third kappa shape index (κ3) is 1.61. The van der Waals surface area contributed by atoms with E-state index in [1.807, 2.05) is 0 Å². The highest BCUT2D eigenvalue weighted by atomic mass is 32.1. The first-order chi connectivity index (χ1) is 7.15. The number of para-hydroxylation sites is 1. The first-order valence-corrected chi connectivity index (χ1v) is 5.75. The van der Waals surface area contributed by atoms with E-state index in [0.29, 0.717) is 6.04 Å². The molecule has 0 saturated heterocycles. The van der Waals surface area contributed by atoms with E-state index < -0.39 is 0 Å². The number of imidazole rings is 1. The Morgan fingerprint density at radius 3 is 2.87 bits per heavy atom. The smallest absolute Gasteiger partial charge is 0.178 e. The standard InChI is InChI=1S/C12H16N2S/c1-4-9(3)14-11-8(2)6-5-7-10(11)13-12(14)15/h5-7,9H,4H2,1-3H3,(H,13,15). The fourth-order valence-electron chi connectivity index (χ4n) is 1.96. The summed E-state index contributed by atoms with van der Waals surface area (Å²) >= 11 is 5.36. The van der Waals surface area contributed by atoms with Gasteiger partial charge in [0.15, 0.2) is 4.77 Å². The largest absolute Gasteiger partial charge is 0.331 e. The van der Waals surface area contributed by atoms with Crippen molar-refractivity contribution >= 4 is 23.3 Å². The van der Waals surface area contributed by atoms with E-state index in [0.717, 1.165) is 16.7 Å². The normalized spacial score (nSPS) is 13.3. The maximum atomic E-state index is 5.36. The summed E-state index contributed by atoms with van der Waals surface area (Å²) in [6, 6.07) is 6.72. The summed E-state index contributed by atoms with van der Waals surface area (Å²) in [5, 5.41) is 0. The van der Waals surface area contributed by atoms with Gasteiger partial charge in [0.25, 0.3) is 0 Å². The predicted octanol–water partition coefficient (Wildman–Crippen LogP) is 3.98. The van der Waals surface area contributed by atoms with Crippen LogP contribution in [0, 0.1) is 11.7 Å². The molecule has 0 amide bonds. The topological polar surface area (TPSA) is 20.7 Å². The molecule has 1 unspecified atom stereocenters. The van der Waals surface area contributed by atoms with Crippen molar-refractivity contribution in [3.8, 4) is 0 Å². The zero-order valence-electron chi connectivity index (χ0n) is 9.37. The second-order valence-corrected chi connectivity index (χ2v) is 4.42. The molecule has 0 bridgehead atoms. The second kappa shape index (κ2) is 3.81. The van der Waals surface area contributed by atoms with Crippen molar-refractivity contribution in [1.82, 2.24) is 9.55 Å². The Balaban J connectivity index is 2.82. The van der Waals surface area contributed by atoms with Gasteiger partial charge in [0, 0.05) is 6.04 Å². The van der Waals surface area contributed by atoms with E-state index in [1.165, 1.54) is 11.1 Å². The number of rotatable bonds is 2. The summed E-state index contributed by atoms with van der Waals surface area (Å²) in [4.78, 5) is 3.26. The molecule has 0 spiro atoms. The van der Waals surface area contributed by atoms with E-state index in [2.05, 4.69) is 48.5 Å². The number of aromatic nitrogens is 2. The van der Waals surface area contributed by atoms with Gasteiger partial charge in [0.2, 0.25) is 0 Å². The van der Waals surface area contributed by atoms with Crippen LogP contribution in [0.1, 0.15) is 31.9 Å². The Kier molecular flexibility index (Phi) is 2.65. The van der Waals surface area contributed by atoms with Gasteiger partial charge in [-0.2, -0.15) is 0 Å². The fraction of sp³-hybridized carbons (Fsp3) is 0.417. The highest BCUT2D eigenvalue weighted by Crippen LogP contribution is 2.23. The summed E-state index contributed by atoms with van der Waals surface area (Å²) < 4.78 is 3.05. The summed E-state index contributed by atoms with van der Waals surface area (Å²) in [7, 11) is 0. The van der Waals surface area contributed by atoms with Crippen LogP contribution in [-0.2, 0) is 0 Å². The van der Waals surface area contributed by atoms with Gasteiger partial charge in [-0.25, -0.2) is 0 Å². The highest BCUT2D eigenvalue weighted by molar-refractivity contribution is 7.71. The molecule has 0 aliphatic rings. The lowest BCUT2D eigenvalue weighted by Crippen LogP contribution is -2.04. The quantitative estimate of drug-likeness (QED) is 0.759. The lowest BCUT2D eigenvalue weighted by Gasteiger charge is -2.12. The average molecular weight is 220 g/mol. The molecule has 0 aliphatic heterocycles.